The molecular formula is C11H13N3O2. The van der Waals surface area contributed by atoms with Crippen LogP contribution in [0.15, 0.2) is 30.3 Å². The number of rotatable bonds is 5. The molecular weight excluding hydrogens is 206 g/mol. The third-order valence-corrected chi connectivity index (χ3v) is 1.74. The molecule has 0 aliphatic rings. The van der Waals surface area contributed by atoms with Gasteiger partial charge in [-0.3, -0.25) is 0 Å². The van der Waals surface area contributed by atoms with E-state index in [1.54, 1.807) is 12.1 Å². The van der Waals surface area contributed by atoms with Crippen molar-refractivity contribution in [1.82, 2.24) is 10.6 Å². The monoisotopic (exact) mass is 219 g/mol. The van der Waals surface area contributed by atoms with E-state index in [0.29, 0.717) is 18.7 Å². The van der Waals surface area contributed by atoms with Crippen LogP contribution in [0.1, 0.15) is 6.42 Å². The quantitative estimate of drug-likeness (QED) is 0.578. The highest BCUT2D eigenvalue weighted by Crippen LogP contribution is 2.06. The van der Waals surface area contributed by atoms with Gasteiger partial charge < -0.3 is 15.4 Å². The van der Waals surface area contributed by atoms with Gasteiger partial charge in [0.1, 0.15) is 5.75 Å². The van der Waals surface area contributed by atoms with Crippen LogP contribution in [0, 0.1) is 11.3 Å². The maximum Gasteiger partial charge on any atom is 0.317 e. The molecule has 1 aromatic carbocycles. The number of hydrogen-bond donors (Lipinski definition) is 2. The van der Waals surface area contributed by atoms with Crippen LogP contribution >= 0.6 is 0 Å². The van der Waals surface area contributed by atoms with Crippen molar-refractivity contribution in [2.45, 2.75) is 6.42 Å². The van der Waals surface area contributed by atoms with Crippen LogP contribution in [0.3, 0.4) is 0 Å². The third-order valence-electron chi connectivity index (χ3n) is 1.74. The number of benzene rings is 1. The molecule has 0 saturated heterocycles. The molecule has 0 heterocycles. The summed E-state index contributed by atoms with van der Waals surface area (Å²) in [5, 5.41) is 13.3. The summed E-state index contributed by atoms with van der Waals surface area (Å²) >= 11 is 0. The Hall–Kier alpha value is -2.22. The summed E-state index contributed by atoms with van der Waals surface area (Å²) in [6.07, 6.45) is 0.299. The zero-order valence-electron chi connectivity index (χ0n) is 8.77. The lowest BCUT2D eigenvalue weighted by Gasteiger charge is -2.08. The Morgan fingerprint density at radius 3 is 2.75 bits per heavy atom. The highest BCUT2D eigenvalue weighted by atomic mass is 16.5. The van der Waals surface area contributed by atoms with Crippen LogP contribution in [-0.4, -0.2) is 19.3 Å². The Bertz CT molecular complexity index is 359. The van der Waals surface area contributed by atoms with Crippen molar-refractivity contribution in [1.29, 1.82) is 5.26 Å². The second kappa shape index (κ2) is 7.12. The summed E-state index contributed by atoms with van der Waals surface area (Å²) in [4.78, 5) is 11.1. The molecule has 1 aromatic rings. The number of amides is 2. The molecule has 0 bridgehead atoms. The van der Waals surface area contributed by atoms with Crippen molar-refractivity contribution in [3.63, 3.8) is 0 Å². The maximum absolute atomic E-state index is 11.1. The predicted molar refractivity (Wildman–Crippen MR) is 58.7 cm³/mol. The normalized spacial score (nSPS) is 8.94. The highest BCUT2D eigenvalue weighted by molar-refractivity contribution is 5.73. The van der Waals surface area contributed by atoms with E-state index in [0.717, 1.165) is 0 Å². The average molecular weight is 219 g/mol. The second-order valence-corrected chi connectivity index (χ2v) is 2.94. The first-order valence-corrected chi connectivity index (χ1v) is 4.89. The van der Waals surface area contributed by atoms with Gasteiger partial charge in [0.25, 0.3) is 0 Å². The van der Waals surface area contributed by atoms with E-state index >= 15 is 0 Å². The van der Waals surface area contributed by atoms with Gasteiger partial charge in [0.15, 0.2) is 6.73 Å². The number of para-hydroxylation sites is 1. The SMILES string of the molecule is N#CCCNC(=O)NCOc1ccccc1. The zero-order chi connectivity index (χ0) is 11.6. The summed E-state index contributed by atoms with van der Waals surface area (Å²) in [7, 11) is 0. The van der Waals surface area contributed by atoms with E-state index in [1.165, 1.54) is 0 Å². The summed E-state index contributed by atoms with van der Waals surface area (Å²) in [6, 6.07) is 10.8. The minimum Gasteiger partial charge on any atom is -0.473 e. The summed E-state index contributed by atoms with van der Waals surface area (Å²) in [6.45, 7) is 0.441. The number of ether oxygens (including phenoxy) is 1. The van der Waals surface area contributed by atoms with E-state index in [1.807, 2.05) is 24.3 Å². The molecule has 0 unspecified atom stereocenters. The fourth-order valence-corrected chi connectivity index (χ4v) is 0.996. The molecule has 2 amide bonds. The van der Waals surface area contributed by atoms with Gasteiger partial charge in [0, 0.05) is 6.54 Å². The Morgan fingerprint density at radius 2 is 2.06 bits per heavy atom. The number of nitrogens with one attached hydrogen (secondary N) is 2. The molecule has 1 rings (SSSR count). The Morgan fingerprint density at radius 1 is 1.31 bits per heavy atom. The van der Waals surface area contributed by atoms with Gasteiger partial charge in [-0.2, -0.15) is 5.26 Å². The number of nitriles is 1. The van der Waals surface area contributed by atoms with Crippen LogP contribution in [0.5, 0.6) is 5.75 Å². The Labute approximate surface area is 94.0 Å². The first-order chi connectivity index (χ1) is 7.83. The lowest BCUT2D eigenvalue weighted by molar-refractivity contribution is 0.224. The van der Waals surface area contributed by atoms with Crippen LogP contribution < -0.4 is 15.4 Å². The standard InChI is InChI=1S/C11H13N3O2/c12-7-4-8-13-11(15)14-9-16-10-5-2-1-3-6-10/h1-3,5-6H,4,8-9H2,(H2,13,14,15). The number of urea groups is 1. The van der Waals surface area contributed by atoms with Gasteiger partial charge >= 0.3 is 6.03 Å². The van der Waals surface area contributed by atoms with Gasteiger partial charge in [-0.1, -0.05) is 18.2 Å². The van der Waals surface area contributed by atoms with E-state index in [-0.39, 0.29) is 12.8 Å². The second-order valence-electron chi connectivity index (χ2n) is 2.94. The van der Waals surface area contributed by atoms with Gasteiger partial charge in [-0.05, 0) is 12.1 Å². The zero-order valence-corrected chi connectivity index (χ0v) is 8.77. The van der Waals surface area contributed by atoms with Crippen molar-refractivity contribution in [3.8, 4) is 11.8 Å². The van der Waals surface area contributed by atoms with Gasteiger partial charge in [-0.15, -0.1) is 0 Å². The smallest absolute Gasteiger partial charge is 0.317 e. The topological polar surface area (TPSA) is 74.2 Å². The van der Waals surface area contributed by atoms with E-state index in [9.17, 15) is 4.79 Å². The van der Waals surface area contributed by atoms with Crippen molar-refractivity contribution >= 4 is 6.03 Å². The lowest BCUT2D eigenvalue weighted by Crippen LogP contribution is -2.38. The molecule has 0 aliphatic heterocycles. The minimum atomic E-state index is -0.341. The van der Waals surface area contributed by atoms with Crippen molar-refractivity contribution in [3.05, 3.63) is 30.3 Å². The van der Waals surface area contributed by atoms with Crippen molar-refractivity contribution < 1.29 is 9.53 Å². The van der Waals surface area contributed by atoms with Crippen molar-refractivity contribution in [2.75, 3.05) is 13.3 Å². The largest absolute Gasteiger partial charge is 0.473 e. The van der Waals surface area contributed by atoms with E-state index < -0.39 is 0 Å². The molecule has 5 nitrogen and oxygen atoms in total. The summed E-state index contributed by atoms with van der Waals surface area (Å²) in [5.74, 6) is 0.694. The van der Waals surface area contributed by atoms with E-state index in [4.69, 9.17) is 10.00 Å². The number of carbonyl (C=O) groups excluding carboxylic acids is 1. The van der Waals surface area contributed by atoms with E-state index in [2.05, 4.69) is 10.6 Å². The molecule has 16 heavy (non-hydrogen) atoms. The molecule has 2 N–H and O–H groups in total. The van der Waals surface area contributed by atoms with Gasteiger partial charge in [-0.25, -0.2) is 4.79 Å². The van der Waals surface area contributed by atoms with Gasteiger partial charge in [0.05, 0.1) is 12.5 Å². The van der Waals surface area contributed by atoms with Crippen LogP contribution in [0.25, 0.3) is 0 Å². The predicted octanol–water partition coefficient (Wildman–Crippen LogP) is 1.24. The fraction of sp³-hybridized carbons (Fsp3) is 0.273. The number of nitrogens with zero attached hydrogens (tertiary/aromatic N) is 1. The Balaban J connectivity index is 2.12. The molecule has 0 saturated carbocycles. The van der Waals surface area contributed by atoms with Gasteiger partial charge in [0.2, 0.25) is 0 Å². The van der Waals surface area contributed by atoms with Crippen LogP contribution in [0.4, 0.5) is 4.79 Å². The average Bonchev–Trinajstić information content (AvgIpc) is 2.31. The van der Waals surface area contributed by atoms with Crippen LogP contribution in [-0.2, 0) is 0 Å². The molecule has 0 fully saturated rings. The number of carbonyl (C=O) groups is 1. The summed E-state index contributed by atoms with van der Waals surface area (Å²) < 4.78 is 5.25. The Kier molecular flexibility index (Phi) is 5.28. The molecule has 0 atom stereocenters. The maximum atomic E-state index is 11.1. The highest BCUT2D eigenvalue weighted by Gasteiger charge is 1.98. The fourth-order valence-electron chi connectivity index (χ4n) is 0.996. The third kappa shape index (κ3) is 4.86. The van der Waals surface area contributed by atoms with Crippen molar-refractivity contribution in [2.24, 2.45) is 0 Å². The van der Waals surface area contributed by atoms with Crippen LogP contribution in [0.2, 0.25) is 0 Å². The lowest BCUT2D eigenvalue weighted by atomic mass is 10.3. The molecule has 84 valence electrons. The molecule has 0 radical (unpaired) electrons. The minimum absolute atomic E-state index is 0.0996. The molecule has 0 spiro atoms. The summed E-state index contributed by atoms with van der Waals surface area (Å²) in [5.41, 5.74) is 0. The number of hydrogen-bond acceptors (Lipinski definition) is 3. The molecule has 5 heteroatoms. The first kappa shape index (κ1) is 11.9. The molecule has 0 aliphatic carbocycles. The molecule has 0 aromatic heterocycles. The first-order valence-electron chi connectivity index (χ1n) is 4.89.